The molecule has 0 spiro atoms. The Hall–Kier alpha value is -0.860. The third-order valence-corrected chi connectivity index (χ3v) is 5.14. The van der Waals surface area contributed by atoms with Crippen LogP contribution < -0.4 is 5.32 Å². The van der Waals surface area contributed by atoms with Gasteiger partial charge in [0.2, 0.25) is 0 Å². The minimum Gasteiger partial charge on any atom is -0.375 e. The number of likely N-dealkylation sites (N-methyl/N-ethyl adjacent to an activating group) is 1. The van der Waals surface area contributed by atoms with Crippen LogP contribution in [0, 0.1) is 0 Å². The molecule has 0 bridgehead atoms. The lowest BCUT2D eigenvalue weighted by Crippen LogP contribution is -2.42. The van der Waals surface area contributed by atoms with Gasteiger partial charge < -0.3 is 10.1 Å². The van der Waals surface area contributed by atoms with E-state index in [-0.39, 0.29) is 5.41 Å². The highest BCUT2D eigenvalue weighted by Crippen LogP contribution is 2.42. The molecule has 1 saturated heterocycles. The summed E-state index contributed by atoms with van der Waals surface area (Å²) in [6, 6.07) is 9.05. The van der Waals surface area contributed by atoms with Crippen LogP contribution in [0.2, 0.25) is 0 Å². The molecule has 1 aliphatic carbocycles. The fourth-order valence-corrected chi connectivity index (χ4v) is 4.28. The van der Waals surface area contributed by atoms with Crippen molar-refractivity contribution in [1.29, 1.82) is 0 Å². The Bertz CT molecular complexity index is 458. The average molecular weight is 273 g/mol. The van der Waals surface area contributed by atoms with Crippen LogP contribution in [0.25, 0.3) is 0 Å². The molecule has 1 N–H and O–H groups in total. The van der Waals surface area contributed by atoms with E-state index >= 15 is 0 Å². The summed E-state index contributed by atoms with van der Waals surface area (Å²) < 4.78 is 6.12. The third kappa shape index (κ3) is 2.64. The first-order valence-electron chi connectivity index (χ1n) is 8.12. The average Bonchev–Trinajstić information content (AvgIpc) is 2.85. The number of ether oxygens (including phenoxy) is 1. The molecule has 110 valence electrons. The van der Waals surface area contributed by atoms with Crippen molar-refractivity contribution in [1.82, 2.24) is 5.32 Å². The summed E-state index contributed by atoms with van der Waals surface area (Å²) in [5.74, 6) is 0. The van der Waals surface area contributed by atoms with Crippen molar-refractivity contribution in [2.75, 3.05) is 13.6 Å². The lowest BCUT2D eigenvalue weighted by molar-refractivity contribution is 0.0331. The second-order valence-corrected chi connectivity index (χ2v) is 6.67. The molecule has 1 fully saturated rings. The topological polar surface area (TPSA) is 21.3 Å². The van der Waals surface area contributed by atoms with E-state index in [2.05, 4.69) is 43.6 Å². The molecule has 2 heteroatoms. The van der Waals surface area contributed by atoms with Gasteiger partial charge in [0.25, 0.3) is 0 Å². The van der Waals surface area contributed by atoms with Gasteiger partial charge in [0.15, 0.2) is 0 Å². The number of hydrogen-bond donors (Lipinski definition) is 1. The zero-order valence-corrected chi connectivity index (χ0v) is 12.8. The molecule has 3 atom stereocenters. The Morgan fingerprint density at radius 1 is 1.30 bits per heavy atom. The first kappa shape index (κ1) is 14.1. The first-order chi connectivity index (χ1) is 9.73. The number of rotatable bonds is 4. The van der Waals surface area contributed by atoms with Crippen LogP contribution in [0.15, 0.2) is 24.3 Å². The van der Waals surface area contributed by atoms with Crippen LogP contribution in [-0.4, -0.2) is 25.8 Å². The van der Waals surface area contributed by atoms with Crippen molar-refractivity contribution in [3.63, 3.8) is 0 Å². The van der Waals surface area contributed by atoms with E-state index in [0.29, 0.717) is 12.2 Å². The van der Waals surface area contributed by atoms with Gasteiger partial charge in [0, 0.05) is 12.0 Å². The standard InChI is InChI=1S/C18H27NO/c1-14-9-10-16(20-14)12-18(13-19-2)11-5-7-15-6-3-4-8-17(15)18/h3-4,6,8,14,16,19H,5,7,9-13H2,1-2H3. The van der Waals surface area contributed by atoms with E-state index in [0.717, 1.165) is 6.54 Å². The molecule has 1 aromatic rings. The Morgan fingerprint density at radius 3 is 2.90 bits per heavy atom. The predicted octanol–water partition coefficient (Wildman–Crippen LogP) is 3.44. The maximum atomic E-state index is 6.12. The van der Waals surface area contributed by atoms with Gasteiger partial charge in [-0.2, -0.15) is 0 Å². The van der Waals surface area contributed by atoms with Crippen molar-refractivity contribution >= 4 is 0 Å². The molecule has 1 heterocycles. The molecular weight excluding hydrogens is 246 g/mol. The zero-order valence-electron chi connectivity index (χ0n) is 12.8. The molecule has 3 unspecified atom stereocenters. The van der Waals surface area contributed by atoms with Crippen LogP contribution in [0.4, 0.5) is 0 Å². The largest absolute Gasteiger partial charge is 0.375 e. The van der Waals surface area contributed by atoms with E-state index in [4.69, 9.17) is 4.74 Å². The van der Waals surface area contributed by atoms with Crippen molar-refractivity contribution < 1.29 is 4.74 Å². The zero-order chi connectivity index (χ0) is 14.0. The quantitative estimate of drug-likeness (QED) is 0.907. The predicted molar refractivity (Wildman–Crippen MR) is 83.2 cm³/mol. The molecule has 1 aromatic carbocycles. The fraction of sp³-hybridized carbons (Fsp3) is 0.667. The molecule has 2 aliphatic rings. The van der Waals surface area contributed by atoms with Gasteiger partial charge in [-0.15, -0.1) is 0 Å². The van der Waals surface area contributed by atoms with Crippen molar-refractivity contribution in [3.8, 4) is 0 Å². The van der Waals surface area contributed by atoms with E-state index in [1.54, 1.807) is 11.1 Å². The van der Waals surface area contributed by atoms with Crippen LogP contribution >= 0.6 is 0 Å². The smallest absolute Gasteiger partial charge is 0.0588 e. The van der Waals surface area contributed by atoms with Crippen LogP contribution in [-0.2, 0) is 16.6 Å². The number of hydrogen-bond acceptors (Lipinski definition) is 2. The normalized spacial score (nSPS) is 33.1. The molecule has 2 nitrogen and oxygen atoms in total. The Morgan fingerprint density at radius 2 is 2.15 bits per heavy atom. The molecule has 0 amide bonds. The van der Waals surface area contributed by atoms with Crippen LogP contribution in [0.3, 0.4) is 0 Å². The van der Waals surface area contributed by atoms with E-state index in [1.807, 2.05) is 0 Å². The summed E-state index contributed by atoms with van der Waals surface area (Å²) >= 11 is 0. The summed E-state index contributed by atoms with van der Waals surface area (Å²) in [5, 5.41) is 3.45. The third-order valence-electron chi connectivity index (χ3n) is 5.14. The van der Waals surface area contributed by atoms with Gasteiger partial charge in [-0.25, -0.2) is 0 Å². The fourth-order valence-electron chi connectivity index (χ4n) is 4.28. The first-order valence-corrected chi connectivity index (χ1v) is 8.12. The lowest BCUT2D eigenvalue weighted by Gasteiger charge is -2.41. The summed E-state index contributed by atoms with van der Waals surface area (Å²) in [5.41, 5.74) is 3.40. The molecule has 1 aliphatic heterocycles. The lowest BCUT2D eigenvalue weighted by atomic mass is 9.66. The monoisotopic (exact) mass is 273 g/mol. The SMILES string of the molecule is CNCC1(CC2CCC(C)O2)CCCc2ccccc21. The van der Waals surface area contributed by atoms with E-state index < -0.39 is 0 Å². The molecule has 3 rings (SSSR count). The second kappa shape index (κ2) is 5.87. The Kier molecular flexibility index (Phi) is 4.13. The van der Waals surface area contributed by atoms with Crippen molar-refractivity contribution in [2.24, 2.45) is 0 Å². The highest BCUT2D eigenvalue weighted by Gasteiger charge is 2.39. The van der Waals surface area contributed by atoms with Crippen molar-refractivity contribution in [2.45, 2.75) is 63.1 Å². The van der Waals surface area contributed by atoms with Gasteiger partial charge in [-0.05, 0) is 63.6 Å². The van der Waals surface area contributed by atoms with Gasteiger partial charge in [0.05, 0.1) is 12.2 Å². The highest BCUT2D eigenvalue weighted by atomic mass is 16.5. The number of fused-ring (bicyclic) bond motifs is 1. The van der Waals surface area contributed by atoms with Gasteiger partial charge in [-0.1, -0.05) is 24.3 Å². The highest BCUT2D eigenvalue weighted by molar-refractivity contribution is 5.37. The number of benzene rings is 1. The minimum absolute atomic E-state index is 0.276. The van der Waals surface area contributed by atoms with Crippen LogP contribution in [0.1, 0.15) is 50.2 Å². The number of nitrogens with one attached hydrogen (secondary N) is 1. The van der Waals surface area contributed by atoms with Gasteiger partial charge >= 0.3 is 0 Å². The molecule has 0 radical (unpaired) electrons. The number of aryl methyl sites for hydroxylation is 1. The van der Waals surface area contributed by atoms with Gasteiger partial charge in [0.1, 0.15) is 0 Å². The summed E-state index contributed by atoms with van der Waals surface area (Å²) in [6.45, 7) is 3.28. The molecule has 0 saturated carbocycles. The summed E-state index contributed by atoms with van der Waals surface area (Å²) in [7, 11) is 2.08. The van der Waals surface area contributed by atoms with E-state index in [1.165, 1.54) is 38.5 Å². The summed E-state index contributed by atoms with van der Waals surface area (Å²) in [4.78, 5) is 0. The second-order valence-electron chi connectivity index (χ2n) is 6.67. The maximum Gasteiger partial charge on any atom is 0.0588 e. The van der Waals surface area contributed by atoms with Crippen LogP contribution in [0.5, 0.6) is 0 Å². The Balaban J connectivity index is 1.88. The minimum atomic E-state index is 0.276. The maximum absolute atomic E-state index is 6.12. The molecular formula is C18H27NO. The van der Waals surface area contributed by atoms with E-state index in [9.17, 15) is 0 Å². The Labute approximate surface area is 122 Å². The van der Waals surface area contributed by atoms with Crippen molar-refractivity contribution in [3.05, 3.63) is 35.4 Å². The van der Waals surface area contributed by atoms with Gasteiger partial charge in [-0.3, -0.25) is 0 Å². The molecule has 0 aromatic heterocycles. The summed E-state index contributed by atoms with van der Waals surface area (Å²) in [6.07, 6.45) is 8.37. The molecule has 20 heavy (non-hydrogen) atoms.